The van der Waals surface area contributed by atoms with Crippen LogP contribution >= 0.6 is 0 Å². The summed E-state index contributed by atoms with van der Waals surface area (Å²) in [6, 6.07) is 12.5. The maximum absolute atomic E-state index is 12.2. The molecule has 0 fully saturated rings. The second kappa shape index (κ2) is 4.89. The molecule has 0 bridgehead atoms. The maximum Gasteiger partial charge on any atom is 0.182 e. The predicted molar refractivity (Wildman–Crippen MR) is 73.2 cm³/mol. The third kappa shape index (κ3) is 2.09. The standard InChI is InChI=1S/C16H14O4/c1-19-11-7-13(17)12-9-14(18)16(20-15(12)8-11)10-5-3-2-4-6-10/h2-8,16-17H,9H2,1H3. The van der Waals surface area contributed by atoms with Crippen molar-refractivity contribution in [2.24, 2.45) is 0 Å². The Morgan fingerprint density at radius 3 is 2.70 bits per heavy atom. The molecule has 1 heterocycles. The zero-order valence-corrected chi connectivity index (χ0v) is 11.0. The Hall–Kier alpha value is -2.49. The maximum atomic E-state index is 12.2. The average molecular weight is 270 g/mol. The third-order valence-corrected chi connectivity index (χ3v) is 3.39. The van der Waals surface area contributed by atoms with Gasteiger partial charge in [0, 0.05) is 24.1 Å². The lowest BCUT2D eigenvalue weighted by Crippen LogP contribution is -2.25. The van der Waals surface area contributed by atoms with Crippen LogP contribution in [0.25, 0.3) is 0 Å². The van der Waals surface area contributed by atoms with Crippen molar-refractivity contribution in [3.8, 4) is 17.2 Å². The molecule has 3 rings (SSSR count). The molecule has 1 unspecified atom stereocenters. The highest BCUT2D eigenvalue weighted by atomic mass is 16.5. The van der Waals surface area contributed by atoms with Gasteiger partial charge in [-0.15, -0.1) is 0 Å². The van der Waals surface area contributed by atoms with Crippen LogP contribution in [0, 0.1) is 0 Å². The summed E-state index contributed by atoms with van der Waals surface area (Å²) in [7, 11) is 1.52. The highest BCUT2D eigenvalue weighted by Gasteiger charge is 2.31. The first-order valence-electron chi connectivity index (χ1n) is 6.33. The van der Waals surface area contributed by atoms with Gasteiger partial charge in [0.2, 0.25) is 0 Å². The topological polar surface area (TPSA) is 55.8 Å². The Bertz CT molecular complexity index is 649. The molecule has 4 heteroatoms. The van der Waals surface area contributed by atoms with E-state index in [1.165, 1.54) is 13.2 Å². The molecule has 0 aliphatic carbocycles. The first kappa shape index (κ1) is 12.5. The van der Waals surface area contributed by atoms with E-state index in [2.05, 4.69) is 0 Å². The first-order chi connectivity index (χ1) is 9.69. The normalized spacial score (nSPS) is 17.2. The van der Waals surface area contributed by atoms with Gasteiger partial charge in [0.25, 0.3) is 0 Å². The van der Waals surface area contributed by atoms with Crippen LogP contribution in [0.3, 0.4) is 0 Å². The van der Waals surface area contributed by atoms with Gasteiger partial charge in [-0.05, 0) is 5.56 Å². The largest absolute Gasteiger partial charge is 0.507 e. The van der Waals surface area contributed by atoms with Crippen LogP contribution in [0.2, 0.25) is 0 Å². The minimum absolute atomic E-state index is 0.0270. The van der Waals surface area contributed by atoms with Crippen molar-refractivity contribution in [3.05, 3.63) is 53.6 Å². The number of phenolic OH excluding ortho intramolecular Hbond substituents is 1. The molecule has 1 aliphatic heterocycles. The van der Waals surface area contributed by atoms with Gasteiger partial charge < -0.3 is 14.6 Å². The summed E-state index contributed by atoms with van der Waals surface area (Å²) in [5, 5.41) is 9.93. The number of fused-ring (bicyclic) bond motifs is 1. The molecule has 1 atom stereocenters. The van der Waals surface area contributed by atoms with Crippen LogP contribution in [-0.2, 0) is 11.2 Å². The summed E-state index contributed by atoms with van der Waals surface area (Å²) in [5.74, 6) is 0.959. The van der Waals surface area contributed by atoms with E-state index in [0.717, 1.165) is 5.56 Å². The van der Waals surface area contributed by atoms with Crippen LogP contribution in [-0.4, -0.2) is 18.0 Å². The Morgan fingerprint density at radius 1 is 1.25 bits per heavy atom. The first-order valence-corrected chi connectivity index (χ1v) is 6.33. The SMILES string of the molecule is COc1cc(O)c2c(c1)OC(c1ccccc1)C(=O)C2. The molecule has 2 aromatic rings. The summed E-state index contributed by atoms with van der Waals surface area (Å²) in [6.45, 7) is 0. The fourth-order valence-electron chi connectivity index (χ4n) is 2.35. The monoisotopic (exact) mass is 270 g/mol. The molecular weight excluding hydrogens is 256 g/mol. The Labute approximate surface area is 116 Å². The highest BCUT2D eigenvalue weighted by Crippen LogP contribution is 2.40. The summed E-state index contributed by atoms with van der Waals surface area (Å²) < 4.78 is 10.9. The zero-order valence-electron chi connectivity index (χ0n) is 11.0. The lowest BCUT2D eigenvalue weighted by Gasteiger charge is -2.26. The minimum atomic E-state index is -0.629. The van der Waals surface area contributed by atoms with Crippen LogP contribution in [0.5, 0.6) is 17.2 Å². The molecule has 0 amide bonds. The number of benzene rings is 2. The number of ketones is 1. The number of carbonyl (C=O) groups excluding carboxylic acids is 1. The number of Topliss-reactive ketones (excluding diaryl/α,β-unsaturated/α-hetero) is 1. The van der Waals surface area contributed by atoms with E-state index < -0.39 is 6.10 Å². The van der Waals surface area contributed by atoms with E-state index in [0.29, 0.717) is 17.1 Å². The van der Waals surface area contributed by atoms with Crippen molar-refractivity contribution in [2.75, 3.05) is 7.11 Å². The minimum Gasteiger partial charge on any atom is -0.507 e. The average Bonchev–Trinajstić information content (AvgIpc) is 2.48. The van der Waals surface area contributed by atoms with Gasteiger partial charge in [-0.25, -0.2) is 0 Å². The van der Waals surface area contributed by atoms with Gasteiger partial charge in [0.05, 0.1) is 7.11 Å². The van der Waals surface area contributed by atoms with Gasteiger partial charge in [-0.2, -0.15) is 0 Å². The fourth-order valence-corrected chi connectivity index (χ4v) is 2.35. The third-order valence-electron chi connectivity index (χ3n) is 3.39. The van der Waals surface area contributed by atoms with Crippen molar-refractivity contribution < 1.29 is 19.4 Å². The summed E-state index contributed by atoms with van der Waals surface area (Å²) in [5.41, 5.74) is 1.33. The van der Waals surface area contributed by atoms with Crippen LogP contribution in [0.4, 0.5) is 0 Å². The van der Waals surface area contributed by atoms with Crippen molar-refractivity contribution in [3.63, 3.8) is 0 Å². The number of hydrogen-bond acceptors (Lipinski definition) is 4. The molecular formula is C16H14O4. The highest BCUT2D eigenvalue weighted by molar-refractivity contribution is 5.89. The molecule has 0 saturated carbocycles. The van der Waals surface area contributed by atoms with E-state index in [1.54, 1.807) is 6.07 Å². The number of hydrogen-bond donors (Lipinski definition) is 1. The van der Waals surface area contributed by atoms with Crippen molar-refractivity contribution in [1.82, 2.24) is 0 Å². The van der Waals surface area contributed by atoms with E-state index in [1.807, 2.05) is 30.3 Å². The van der Waals surface area contributed by atoms with Gasteiger partial charge in [0.1, 0.15) is 17.2 Å². The number of methoxy groups -OCH3 is 1. The Balaban J connectivity index is 2.01. The van der Waals surface area contributed by atoms with Gasteiger partial charge in [0.15, 0.2) is 11.9 Å². The number of rotatable bonds is 2. The van der Waals surface area contributed by atoms with E-state index in [4.69, 9.17) is 9.47 Å². The van der Waals surface area contributed by atoms with E-state index >= 15 is 0 Å². The number of aromatic hydroxyl groups is 1. The molecule has 102 valence electrons. The van der Waals surface area contributed by atoms with Crippen LogP contribution in [0.15, 0.2) is 42.5 Å². The van der Waals surface area contributed by atoms with E-state index in [-0.39, 0.29) is 18.0 Å². The molecule has 0 aromatic heterocycles. The van der Waals surface area contributed by atoms with Crippen molar-refractivity contribution in [1.29, 1.82) is 0 Å². The number of ether oxygens (including phenoxy) is 2. The molecule has 4 nitrogen and oxygen atoms in total. The van der Waals surface area contributed by atoms with Gasteiger partial charge in [-0.3, -0.25) is 4.79 Å². The number of phenols is 1. The van der Waals surface area contributed by atoms with Crippen LogP contribution in [0.1, 0.15) is 17.2 Å². The smallest absolute Gasteiger partial charge is 0.182 e. The van der Waals surface area contributed by atoms with Crippen LogP contribution < -0.4 is 9.47 Å². The van der Waals surface area contributed by atoms with Gasteiger partial charge in [-0.1, -0.05) is 30.3 Å². The van der Waals surface area contributed by atoms with E-state index in [9.17, 15) is 9.90 Å². The van der Waals surface area contributed by atoms with Crippen molar-refractivity contribution in [2.45, 2.75) is 12.5 Å². The molecule has 0 saturated heterocycles. The zero-order chi connectivity index (χ0) is 14.1. The second-order valence-corrected chi connectivity index (χ2v) is 4.67. The molecule has 0 spiro atoms. The molecule has 1 N–H and O–H groups in total. The fraction of sp³-hybridized carbons (Fsp3) is 0.188. The lowest BCUT2D eigenvalue weighted by molar-refractivity contribution is -0.126. The molecule has 20 heavy (non-hydrogen) atoms. The lowest BCUT2D eigenvalue weighted by atomic mass is 9.95. The molecule has 1 aliphatic rings. The number of carbonyl (C=O) groups is 1. The Morgan fingerprint density at radius 2 is 2.00 bits per heavy atom. The summed E-state index contributed by atoms with van der Waals surface area (Å²) in [6.07, 6.45) is -0.472. The Kier molecular flexibility index (Phi) is 3.06. The predicted octanol–water partition coefficient (Wildman–Crippen LogP) is 2.65. The molecule has 0 radical (unpaired) electrons. The summed E-state index contributed by atoms with van der Waals surface area (Å²) >= 11 is 0. The molecule has 2 aromatic carbocycles. The summed E-state index contributed by atoms with van der Waals surface area (Å²) in [4.78, 5) is 12.2. The van der Waals surface area contributed by atoms with Crippen molar-refractivity contribution >= 4 is 5.78 Å². The second-order valence-electron chi connectivity index (χ2n) is 4.67. The quantitative estimate of drug-likeness (QED) is 0.911. The van der Waals surface area contributed by atoms with Gasteiger partial charge >= 0.3 is 0 Å².